The summed E-state index contributed by atoms with van der Waals surface area (Å²) in [5.41, 5.74) is 1.91. The molecule has 2 N–H and O–H groups in total. The van der Waals surface area contributed by atoms with Crippen molar-refractivity contribution in [2.75, 3.05) is 0 Å². The van der Waals surface area contributed by atoms with Gasteiger partial charge in [-0.1, -0.05) is 12.1 Å². The van der Waals surface area contributed by atoms with Gasteiger partial charge in [-0.2, -0.15) is 5.10 Å². The van der Waals surface area contributed by atoms with E-state index in [2.05, 4.69) is 15.2 Å². The van der Waals surface area contributed by atoms with Crippen LogP contribution in [0.4, 0.5) is 4.39 Å². The number of hydrogen-bond acceptors (Lipinski definition) is 5. The number of allylic oxidation sites excluding steroid dienone is 1. The lowest BCUT2D eigenvalue weighted by atomic mass is 10.1. The van der Waals surface area contributed by atoms with Crippen LogP contribution in [0.25, 0.3) is 5.76 Å². The molecule has 0 aliphatic heterocycles. The lowest BCUT2D eigenvalue weighted by Crippen LogP contribution is -1.95. The van der Waals surface area contributed by atoms with Gasteiger partial charge in [-0.05, 0) is 41.1 Å². The summed E-state index contributed by atoms with van der Waals surface area (Å²) in [6, 6.07) is 8.00. The van der Waals surface area contributed by atoms with E-state index in [0.29, 0.717) is 11.3 Å². The molecule has 0 aliphatic rings. The molecular weight excluding hydrogens is 317 g/mol. The molecule has 0 atom stereocenters. The van der Waals surface area contributed by atoms with Gasteiger partial charge in [0.15, 0.2) is 11.5 Å². The van der Waals surface area contributed by atoms with Crippen molar-refractivity contribution in [1.29, 1.82) is 0 Å². The largest absolute Gasteiger partial charge is 0.504 e. The molecule has 0 aliphatic carbocycles. The third-order valence-corrected chi connectivity index (χ3v) is 4.12. The van der Waals surface area contributed by atoms with Gasteiger partial charge in [-0.25, -0.2) is 9.37 Å². The fraction of sp³-hybridized carbons (Fsp3) is 0.0625. The van der Waals surface area contributed by atoms with E-state index in [9.17, 15) is 14.3 Å². The van der Waals surface area contributed by atoms with Gasteiger partial charge in [-0.15, -0.1) is 11.3 Å². The third kappa shape index (κ3) is 3.70. The number of aliphatic hydroxyl groups excluding tert-OH is 1. The number of halogens is 1. The van der Waals surface area contributed by atoms with Gasteiger partial charge >= 0.3 is 0 Å². The van der Waals surface area contributed by atoms with E-state index in [1.54, 1.807) is 18.2 Å². The van der Waals surface area contributed by atoms with E-state index >= 15 is 0 Å². The molecule has 0 spiro atoms. The Hall–Kier alpha value is -2.80. The van der Waals surface area contributed by atoms with E-state index in [0.717, 1.165) is 17.2 Å². The predicted molar refractivity (Wildman–Crippen MR) is 84.8 cm³/mol. The van der Waals surface area contributed by atoms with E-state index in [1.165, 1.54) is 29.8 Å². The Morgan fingerprint density at radius 2 is 2.09 bits per heavy atom. The van der Waals surface area contributed by atoms with E-state index in [4.69, 9.17) is 0 Å². The summed E-state index contributed by atoms with van der Waals surface area (Å²) < 4.78 is 12.9. The van der Waals surface area contributed by atoms with Gasteiger partial charge in [0.2, 0.25) is 5.82 Å². The van der Waals surface area contributed by atoms with Crippen molar-refractivity contribution >= 4 is 22.9 Å². The lowest BCUT2D eigenvalue weighted by Gasteiger charge is -1.98. The molecule has 1 aromatic carbocycles. The van der Waals surface area contributed by atoms with Crippen LogP contribution in [0.3, 0.4) is 0 Å². The van der Waals surface area contributed by atoms with Crippen LogP contribution in [-0.4, -0.2) is 26.1 Å². The van der Waals surface area contributed by atoms with Gasteiger partial charge < -0.3 is 5.11 Å². The van der Waals surface area contributed by atoms with Crippen LogP contribution < -0.4 is 0 Å². The minimum absolute atomic E-state index is 0.0708. The van der Waals surface area contributed by atoms with Crippen molar-refractivity contribution in [3.63, 3.8) is 0 Å². The Balaban J connectivity index is 1.72. The Morgan fingerprint density at radius 1 is 1.30 bits per heavy atom. The van der Waals surface area contributed by atoms with Crippen molar-refractivity contribution in [3.8, 4) is 0 Å². The number of carbonyl (C=O) groups excluding carboxylic acids is 1. The maximum absolute atomic E-state index is 12.9. The number of aromatic amines is 1. The molecule has 23 heavy (non-hydrogen) atoms. The van der Waals surface area contributed by atoms with Gasteiger partial charge in [0.05, 0.1) is 4.88 Å². The molecule has 2 heterocycles. The second-order valence-corrected chi connectivity index (χ2v) is 5.75. The summed E-state index contributed by atoms with van der Waals surface area (Å²) in [6.07, 6.45) is 3.02. The SMILES string of the molecule is O=C(C=C(O)c1nc[nH]n1)c1cc(Cc2ccc(F)cc2)cs1. The third-order valence-electron chi connectivity index (χ3n) is 3.13. The maximum Gasteiger partial charge on any atom is 0.215 e. The van der Waals surface area contributed by atoms with Crippen LogP contribution in [0.5, 0.6) is 0 Å². The average Bonchev–Trinajstić information content (AvgIpc) is 3.21. The summed E-state index contributed by atoms with van der Waals surface area (Å²) >= 11 is 1.29. The molecule has 0 saturated heterocycles. The summed E-state index contributed by atoms with van der Waals surface area (Å²) in [5, 5.41) is 17.8. The molecule has 5 nitrogen and oxygen atoms in total. The molecule has 0 unspecified atom stereocenters. The topological polar surface area (TPSA) is 78.9 Å². The zero-order valence-corrected chi connectivity index (χ0v) is 12.7. The fourth-order valence-corrected chi connectivity index (χ4v) is 2.85. The summed E-state index contributed by atoms with van der Waals surface area (Å²) in [7, 11) is 0. The number of nitrogens with one attached hydrogen (secondary N) is 1. The first-order valence-corrected chi connectivity index (χ1v) is 7.63. The number of thiophene rings is 1. The Morgan fingerprint density at radius 3 is 2.78 bits per heavy atom. The van der Waals surface area contributed by atoms with Crippen LogP contribution in [0, 0.1) is 5.82 Å². The zero-order valence-electron chi connectivity index (χ0n) is 11.9. The molecule has 7 heteroatoms. The molecule has 0 fully saturated rings. The van der Waals surface area contributed by atoms with E-state index in [-0.39, 0.29) is 23.2 Å². The first-order chi connectivity index (χ1) is 11.1. The molecule has 0 amide bonds. The molecule has 2 aromatic heterocycles. The molecular formula is C16H12FN3O2S. The highest BCUT2D eigenvalue weighted by atomic mass is 32.1. The van der Waals surface area contributed by atoms with Crippen molar-refractivity contribution in [2.24, 2.45) is 0 Å². The molecule has 3 rings (SSSR count). The highest BCUT2D eigenvalue weighted by molar-refractivity contribution is 7.12. The van der Waals surface area contributed by atoms with Crippen molar-refractivity contribution in [3.05, 3.63) is 75.8 Å². The second-order valence-electron chi connectivity index (χ2n) is 4.84. The number of aliphatic hydroxyl groups is 1. The number of ketones is 1. The first-order valence-electron chi connectivity index (χ1n) is 6.75. The van der Waals surface area contributed by atoms with Gasteiger partial charge in [-0.3, -0.25) is 9.89 Å². The number of aromatic nitrogens is 3. The van der Waals surface area contributed by atoms with Gasteiger partial charge in [0.1, 0.15) is 12.1 Å². The van der Waals surface area contributed by atoms with E-state index in [1.807, 2.05) is 5.38 Å². The Kier molecular flexibility index (Phi) is 4.29. The average molecular weight is 329 g/mol. The monoisotopic (exact) mass is 329 g/mol. The number of H-pyrrole nitrogens is 1. The normalized spacial score (nSPS) is 11.6. The van der Waals surface area contributed by atoms with Gasteiger partial charge in [0, 0.05) is 6.08 Å². The number of rotatable bonds is 5. The van der Waals surface area contributed by atoms with Crippen LogP contribution in [0.15, 0.2) is 48.1 Å². The van der Waals surface area contributed by atoms with E-state index < -0.39 is 0 Å². The Labute approximate surface area is 135 Å². The summed E-state index contributed by atoms with van der Waals surface area (Å²) in [4.78, 5) is 16.4. The highest BCUT2D eigenvalue weighted by Gasteiger charge is 2.11. The molecule has 3 aromatic rings. The van der Waals surface area contributed by atoms with Crippen LogP contribution >= 0.6 is 11.3 Å². The Bertz CT molecular complexity index is 839. The minimum atomic E-state index is -0.317. The number of hydrogen-bond donors (Lipinski definition) is 2. The predicted octanol–water partition coefficient (Wildman–Crippen LogP) is 3.38. The maximum atomic E-state index is 12.9. The summed E-state index contributed by atoms with van der Waals surface area (Å²) in [5.74, 6) is -0.809. The number of nitrogens with zero attached hydrogens (tertiary/aromatic N) is 2. The van der Waals surface area contributed by atoms with Crippen LogP contribution in [-0.2, 0) is 6.42 Å². The smallest absolute Gasteiger partial charge is 0.215 e. The van der Waals surface area contributed by atoms with Gasteiger partial charge in [0.25, 0.3) is 0 Å². The first kappa shape index (κ1) is 15.1. The number of benzene rings is 1. The van der Waals surface area contributed by atoms with Crippen LogP contribution in [0.1, 0.15) is 26.6 Å². The zero-order chi connectivity index (χ0) is 16.2. The standard InChI is InChI=1S/C16H12FN3O2S/c17-12-3-1-10(2-4-12)5-11-6-15(23-8-11)13(21)7-14(22)16-18-9-19-20-16/h1-4,6-9,22H,5H2,(H,18,19,20). The van der Waals surface area contributed by atoms with Crippen LogP contribution in [0.2, 0.25) is 0 Å². The molecule has 0 saturated carbocycles. The van der Waals surface area contributed by atoms with Crippen molar-refractivity contribution < 1.29 is 14.3 Å². The minimum Gasteiger partial charge on any atom is -0.504 e. The lowest BCUT2D eigenvalue weighted by molar-refractivity contribution is 0.104. The molecule has 0 radical (unpaired) electrons. The highest BCUT2D eigenvalue weighted by Crippen LogP contribution is 2.20. The molecule has 116 valence electrons. The number of carbonyl (C=O) groups is 1. The fourth-order valence-electron chi connectivity index (χ4n) is 2.03. The quantitative estimate of drug-likeness (QED) is 0.427. The van der Waals surface area contributed by atoms with Crippen molar-refractivity contribution in [1.82, 2.24) is 15.2 Å². The summed E-state index contributed by atoms with van der Waals surface area (Å²) in [6.45, 7) is 0. The second kappa shape index (κ2) is 6.53. The van der Waals surface area contributed by atoms with Crippen molar-refractivity contribution in [2.45, 2.75) is 6.42 Å². The molecule has 0 bridgehead atoms.